The van der Waals surface area contributed by atoms with Crippen LogP contribution in [0.15, 0.2) is 24.3 Å². The Morgan fingerprint density at radius 1 is 1.30 bits per heavy atom. The minimum Gasteiger partial charge on any atom is -0.497 e. The van der Waals surface area contributed by atoms with E-state index in [9.17, 15) is 4.79 Å². The molecule has 0 heterocycles. The fraction of sp³-hybridized carbons (Fsp3) is 0.533. The van der Waals surface area contributed by atoms with Gasteiger partial charge in [-0.2, -0.15) is 0 Å². The van der Waals surface area contributed by atoms with Crippen molar-refractivity contribution in [1.29, 1.82) is 0 Å². The van der Waals surface area contributed by atoms with E-state index in [4.69, 9.17) is 14.2 Å². The molecule has 112 valence electrons. The average Bonchev–Trinajstić information content (AvgIpc) is 2.47. The van der Waals surface area contributed by atoms with Gasteiger partial charge in [0.05, 0.1) is 20.3 Å². The summed E-state index contributed by atoms with van der Waals surface area (Å²) in [7, 11) is 1.66. The summed E-state index contributed by atoms with van der Waals surface area (Å²) >= 11 is 0. The molecule has 0 amide bonds. The second kappa shape index (κ2) is 10.2. The predicted molar refractivity (Wildman–Crippen MR) is 77.0 cm³/mol. The molecule has 0 aromatic heterocycles. The third kappa shape index (κ3) is 7.11. The Labute approximate surface area is 120 Å². The average molecular weight is 281 g/mol. The third-order valence-electron chi connectivity index (χ3n) is 2.67. The Kier molecular flexibility index (Phi) is 8.42. The van der Waals surface area contributed by atoms with Crippen molar-refractivity contribution in [3.8, 4) is 5.75 Å². The zero-order valence-electron chi connectivity index (χ0n) is 12.2. The van der Waals surface area contributed by atoms with Crippen molar-refractivity contribution in [1.82, 2.24) is 5.32 Å². The van der Waals surface area contributed by atoms with Gasteiger partial charge >= 0.3 is 5.97 Å². The van der Waals surface area contributed by atoms with E-state index in [1.54, 1.807) is 14.0 Å². The van der Waals surface area contributed by atoms with Crippen molar-refractivity contribution < 1.29 is 19.0 Å². The van der Waals surface area contributed by atoms with Crippen molar-refractivity contribution in [2.24, 2.45) is 0 Å². The fourth-order valence-electron chi connectivity index (χ4n) is 1.69. The van der Waals surface area contributed by atoms with Crippen LogP contribution in [0, 0.1) is 0 Å². The maximum atomic E-state index is 11.0. The minimum atomic E-state index is -0.316. The largest absolute Gasteiger partial charge is 0.497 e. The van der Waals surface area contributed by atoms with Gasteiger partial charge in [0.1, 0.15) is 12.4 Å². The molecule has 0 radical (unpaired) electrons. The van der Waals surface area contributed by atoms with Gasteiger partial charge in [0.15, 0.2) is 0 Å². The molecular formula is C15H23NO4. The summed E-state index contributed by atoms with van der Waals surface area (Å²) in [5.74, 6) is 0.559. The van der Waals surface area contributed by atoms with Crippen LogP contribution >= 0.6 is 0 Å². The van der Waals surface area contributed by atoms with E-state index in [0.29, 0.717) is 19.8 Å². The van der Waals surface area contributed by atoms with Crippen LogP contribution in [-0.2, 0) is 20.7 Å². The molecule has 0 aliphatic carbocycles. The number of nitrogens with one attached hydrogen (secondary N) is 1. The highest BCUT2D eigenvalue weighted by Crippen LogP contribution is 2.12. The quantitative estimate of drug-likeness (QED) is 0.519. The van der Waals surface area contributed by atoms with Gasteiger partial charge < -0.3 is 19.5 Å². The molecule has 0 aliphatic rings. The van der Waals surface area contributed by atoms with Gasteiger partial charge in [-0.25, -0.2) is 4.79 Å². The van der Waals surface area contributed by atoms with Gasteiger partial charge in [-0.1, -0.05) is 12.1 Å². The molecule has 0 spiro atoms. The highest BCUT2D eigenvalue weighted by Gasteiger charge is 2.00. The molecule has 1 aromatic rings. The predicted octanol–water partition coefficient (Wildman–Crippen LogP) is 1.41. The molecule has 20 heavy (non-hydrogen) atoms. The lowest BCUT2D eigenvalue weighted by Crippen LogP contribution is -2.24. The van der Waals surface area contributed by atoms with Crippen LogP contribution in [0.1, 0.15) is 12.5 Å². The van der Waals surface area contributed by atoms with Gasteiger partial charge in [0.25, 0.3) is 0 Å². The zero-order valence-corrected chi connectivity index (χ0v) is 12.2. The van der Waals surface area contributed by atoms with Gasteiger partial charge in [0, 0.05) is 6.54 Å². The first-order chi connectivity index (χ1) is 9.76. The maximum Gasteiger partial charge on any atom is 0.332 e. The van der Waals surface area contributed by atoms with Crippen molar-refractivity contribution >= 4 is 5.97 Å². The summed E-state index contributed by atoms with van der Waals surface area (Å²) in [6, 6.07) is 8.01. The molecule has 1 N–H and O–H groups in total. The second-order valence-electron chi connectivity index (χ2n) is 4.21. The monoisotopic (exact) mass is 281 g/mol. The van der Waals surface area contributed by atoms with E-state index in [1.165, 1.54) is 5.56 Å². The molecule has 0 fully saturated rings. The van der Waals surface area contributed by atoms with Crippen LogP contribution in [0.25, 0.3) is 0 Å². The number of esters is 1. The number of rotatable bonds is 10. The van der Waals surface area contributed by atoms with Crippen molar-refractivity contribution in [2.45, 2.75) is 13.3 Å². The number of ether oxygens (including phenoxy) is 3. The van der Waals surface area contributed by atoms with Gasteiger partial charge in [-0.05, 0) is 37.6 Å². The van der Waals surface area contributed by atoms with Gasteiger partial charge in [-0.15, -0.1) is 0 Å². The molecule has 1 aromatic carbocycles. The molecule has 1 rings (SSSR count). The van der Waals surface area contributed by atoms with Crippen LogP contribution in [0.4, 0.5) is 0 Å². The first-order valence-electron chi connectivity index (χ1n) is 6.83. The topological polar surface area (TPSA) is 56.8 Å². The Morgan fingerprint density at radius 2 is 2.15 bits per heavy atom. The minimum absolute atomic E-state index is 0.0193. The maximum absolute atomic E-state index is 11.0. The molecule has 5 heteroatoms. The number of carbonyl (C=O) groups is 1. The standard InChI is InChI=1S/C15H23NO4/c1-3-20-15(17)12-19-10-9-16-8-7-13-5-4-6-14(11-13)18-2/h4-6,11,16H,3,7-10,12H2,1-2H3. The highest BCUT2D eigenvalue weighted by atomic mass is 16.6. The van der Waals surface area contributed by atoms with E-state index in [1.807, 2.05) is 18.2 Å². The van der Waals surface area contributed by atoms with E-state index in [0.717, 1.165) is 18.7 Å². The molecule has 5 nitrogen and oxygen atoms in total. The lowest BCUT2D eigenvalue weighted by molar-refractivity contribution is -0.148. The molecule has 0 aliphatic heterocycles. The van der Waals surface area contributed by atoms with E-state index >= 15 is 0 Å². The SMILES string of the molecule is CCOC(=O)COCCNCCc1cccc(OC)c1. The van der Waals surface area contributed by atoms with Crippen LogP contribution in [0.5, 0.6) is 5.75 Å². The molecule has 0 saturated heterocycles. The van der Waals surface area contributed by atoms with Crippen LogP contribution in [0.3, 0.4) is 0 Å². The van der Waals surface area contributed by atoms with Crippen molar-refractivity contribution in [3.05, 3.63) is 29.8 Å². The molecule has 0 bridgehead atoms. The van der Waals surface area contributed by atoms with Crippen LogP contribution < -0.4 is 10.1 Å². The molecule has 0 unspecified atom stereocenters. The fourth-order valence-corrected chi connectivity index (χ4v) is 1.69. The van der Waals surface area contributed by atoms with Crippen molar-refractivity contribution in [3.63, 3.8) is 0 Å². The summed E-state index contributed by atoms with van der Waals surface area (Å²) < 4.78 is 15.1. The van der Waals surface area contributed by atoms with Crippen LogP contribution in [-0.4, -0.2) is 46.0 Å². The first-order valence-corrected chi connectivity index (χ1v) is 6.83. The van der Waals surface area contributed by atoms with Crippen LogP contribution in [0.2, 0.25) is 0 Å². The number of benzene rings is 1. The number of carbonyl (C=O) groups excluding carboxylic acids is 1. The zero-order chi connectivity index (χ0) is 14.6. The normalized spacial score (nSPS) is 10.3. The summed E-state index contributed by atoms with van der Waals surface area (Å²) in [6.07, 6.45) is 0.926. The second-order valence-corrected chi connectivity index (χ2v) is 4.21. The third-order valence-corrected chi connectivity index (χ3v) is 2.67. The summed E-state index contributed by atoms with van der Waals surface area (Å²) in [5.41, 5.74) is 1.23. The molecular weight excluding hydrogens is 258 g/mol. The van der Waals surface area contributed by atoms with Gasteiger partial charge in [-0.3, -0.25) is 0 Å². The van der Waals surface area contributed by atoms with Gasteiger partial charge in [0.2, 0.25) is 0 Å². The Hall–Kier alpha value is -1.59. The number of methoxy groups -OCH3 is 1. The van der Waals surface area contributed by atoms with E-state index < -0.39 is 0 Å². The first kappa shape index (κ1) is 16.5. The molecule has 0 atom stereocenters. The Morgan fingerprint density at radius 3 is 2.90 bits per heavy atom. The number of hydrogen-bond acceptors (Lipinski definition) is 5. The van der Waals surface area contributed by atoms with E-state index in [2.05, 4.69) is 11.4 Å². The lowest BCUT2D eigenvalue weighted by atomic mass is 10.1. The lowest BCUT2D eigenvalue weighted by Gasteiger charge is -2.07. The summed E-state index contributed by atoms with van der Waals surface area (Å²) in [6.45, 7) is 4.25. The summed E-state index contributed by atoms with van der Waals surface area (Å²) in [4.78, 5) is 11.0. The Bertz CT molecular complexity index is 395. The summed E-state index contributed by atoms with van der Waals surface area (Å²) in [5, 5.41) is 3.26. The van der Waals surface area contributed by atoms with Crippen molar-refractivity contribution in [2.75, 3.05) is 40.0 Å². The smallest absolute Gasteiger partial charge is 0.332 e. The highest BCUT2D eigenvalue weighted by molar-refractivity contribution is 5.70. The Balaban J connectivity index is 2.03. The van der Waals surface area contributed by atoms with E-state index in [-0.39, 0.29) is 12.6 Å². The molecule has 0 saturated carbocycles. The number of hydrogen-bond donors (Lipinski definition) is 1.